The Morgan fingerprint density at radius 2 is 2.07 bits per heavy atom. The van der Waals surface area contributed by atoms with Crippen molar-refractivity contribution in [3.05, 3.63) is 12.2 Å². The molecule has 80 valence electrons. The number of nitrogens with zero attached hydrogens (tertiary/aromatic N) is 3. The van der Waals surface area contributed by atoms with Crippen molar-refractivity contribution >= 4 is 17.0 Å². The number of aromatic amines is 1. The van der Waals surface area contributed by atoms with Crippen LogP contribution < -0.4 is 5.73 Å². The van der Waals surface area contributed by atoms with E-state index in [9.17, 15) is 0 Å². The molecule has 2 heterocycles. The maximum atomic E-state index is 5.83. The molecule has 2 aromatic heterocycles. The number of rotatable bonds is 3. The van der Waals surface area contributed by atoms with E-state index in [4.69, 9.17) is 5.73 Å². The van der Waals surface area contributed by atoms with Gasteiger partial charge in [-0.25, -0.2) is 15.0 Å². The number of anilines is 1. The Morgan fingerprint density at radius 1 is 1.33 bits per heavy atom. The molecular weight excluding hydrogens is 190 g/mol. The van der Waals surface area contributed by atoms with Crippen LogP contribution in [0.1, 0.15) is 38.4 Å². The molecule has 15 heavy (non-hydrogen) atoms. The number of aromatic nitrogens is 4. The molecule has 0 amide bonds. The minimum absolute atomic E-state index is 0.369. The van der Waals surface area contributed by atoms with Gasteiger partial charge < -0.3 is 10.7 Å². The van der Waals surface area contributed by atoms with Gasteiger partial charge in [-0.1, -0.05) is 13.8 Å². The van der Waals surface area contributed by atoms with Crippen molar-refractivity contribution in [1.82, 2.24) is 19.9 Å². The van der Waals surface area contributed by atoms with E-state index in [1.807, 2.05) is 0 Å². The number of hydrogen-bond acceptors (Lipinski definition) is 4. The molecule has 2 aromatic rings. The van der Waals surface area contributed by atoms with Crippen molar-refractivity contribution < 1.29 is 0 Å². The van der Waals surface area contributed by atoms with Gasteiger partial charge in [0.1, 0.15) is 11.3 Å². The highest BCUT2D eigenvalue weighted by Gasteiger charge is 2.13. The average Bonchev–Trinajstić information content (AvgIpc) is 2.68. The van der Waals surface area contributed by atoms with Crippen LogP contribution >= 0.6 is 0 Å². The Morgan fingerprint density at radius 3 is 2.73 bits per heavy atom. The number of hydrogen-bond donors (Lipinski definition) is 2. The molecule has 2 rings (SSSR count). The third-order valence-electron chi connectivity index (χ3n) is 2.68. The second-order valence-corrected chi connectivity index (χ2v) is 3.58. The highest BCUT2D eigenvalue weighted by atomic mass is 15.0. The highest BCUT2D eigenvalue weighted by Crippen LogP contribution is 2.22. The molecule has 3 N–H and O–H groups in total. The summed E-state index contributed by atoms with van der Waals surface area (Å²) in [7, 11) is 0. The zero-order valence-electron chi connectivity index (χ0n) is 8.99. The minimum atomic E-state index is 0.369. The zero-order chi connectivity index (χ0) is 10.8. The lowest BCUT2D eigenvalue weighted by atomic mass is 10.0. The lowest BCUT2D eigenvalue weighted by Gasteiger charge is -2.10. The van der Waals surface area contributed by atoms with E-state index in [0.29, 0.717) is 17.4 Å². The Balaban J connectivity index is 2.52. The predicted molar refractivity (Wildman–Crippen MR) is 59.4 cm³/mol. The summed E-state index contributed by atoms with van der Waals surface area (Å²) in [5.74, 6) is 1.66. The van der Waals surface area contributed by atoms with Gasteiger partial charge in [0.15, 0.2) is 11.5 Å². The second-order valence-electron chi connectivity index (χ2n) is 3.58. The molecule has 0 aliphatic rings. The van der Waals surface area contributed by atoms with Crippen LogP contribution in [0.15, 0.2) is 6.33 Å². The van der Waals surface area contributed by atoms with Crippen LogP contribution in [0.4, 0.5) is 5.82 Å². The molecule has 0 saturated heterocycles. The lowest BCUT2D eigenvalue weighted by molar-refractivity contribution is 0.605. The Labute approximate surface area is 88.1 Å². The van der Waals surface area contributed by atoms with Crippen LogP contribution in [0.5, 0.6) is 0 Å². The fraction of sp³-hybridized carbons (Fsp3) is 0.500. The summed E-state index contributed by atoms with van der Waals surface area (Å²) in [5, 5.41) is 0. The van der Waals surface area contributed by atoms with E-state index in [1.54, 1.807) is 6.33 Å². The maximum absolute atomic E-state index is 5.83. The van der Waals surface area contributed by atoms with Crippen LogP contribution in [-0.2, 0) is 0 Å². The van der Waals surface area contributed by atoms with Crippen LogP contribution in [0.25, 0.3) is 11.2 Å². The molecule has 5 heteroatoms. The van der Waals surface area contributed by atoms with Gasteiger partial charge >= 0.3 is 0 Å². The highest BCUT2D eigenvalue weighted by molar-refractivity contribution is 5.80. The Hall–Kier alpha value is -1.65. The van der Waals surface area contributed by atoms with Crippen LogP contribution in [-0.4, -0.2) is 19.9 Å². The third kappa shape index (κ3) is 1.65. The first-order chi connectivity index (χ1) is 7.26. The van der Waals surface area contributed by atoms with Gasteiger partial charge in [0.2, 0.25) is 0 Å². The molecule has 0 aliphatic carbocycles. The smallest absolute Gasteiger partial charge is 0.183 e. The standard InChI is InChI=1S/C10H15N5/c1-3-6(4-2)9-14-8(11)7-10(15-9)13-5-12-7/h5-6H,3-4H2,1-2H3,(H3,11,12,13,14,15). The summed E-state index contributed by atoms with van der Waals surface area (Å²) in [6, 6.07) is 0. The molecule has 0 unspecified atom stereocenters. The summed E-state index contributed by atoms with van der Waals surface area (Å²) < 4.78 is 0. The largest absolute Gasteiger partial charge is 0.382 e. The van der Waals surface area contributed by atoms with Crippen LogP contribution in [0.3, 0.4) is 0 Å². The van der Waals surface area contributed by atoms with Crippen LogP contribution in [0.2, 0.25) is 0 Å². The van der Waals surface area contributed by atoms with Crippen molar-refractivity contribution in [2.24, 2.45) is 0 Å². The van der Waals surface area contributed by atoms with Gasteiger partial charge in [0.05, 0.1) is 6.33 Å². The van der Waals surface area contributed by atoms with E-state index < -0.39 is 0 Å². The van der Waals surface area contributed by atoms with Crippen molar-refractivity contribution in [2.75, 3.05) is 5.73 Å². The Kier molecular flexibility index (Phi) is 2.53. The third-order valence-corrected chi connectivity index (χ3v) is 2.68. The normalized spacial score (nSPS) is 11.4. The molecule has 0 saturated carbocycles. The molecule has 0 fully saturated rings. The second kappa shape index (κ2) is 3.84. The molecule has 5 nitrogen and oxygen atoms in total. The van der Waals surface area contributed by atoms with Gasteiger partial charge in [-0.05, 0) is 12.8 Å². The molecule has 0 bridgehead atoms. The maximum Gasteiger partial charge on any atom is 0.183 e. The number of nitrogen functional groups attached to an aromatic ring is 1. The van der Waals surface area contributed by atoms with Gasteiger partial charge in [0, 0.05) is 5.92 Å². The molecule has 0 aliphatic heterocycles. The summed E-state index contributed by atoms with van der Waals surface area (Å²) in [6.45, 7) is 4.25. The summed E-state index contributed by atoms with van der Waals surface area (Å²) >= 11 is 0. The molecular formula is C10H15N5. The molecule has 0 atom stereocenters. The topological polar surface area (TPSA) is 80.5 Å². The number of H-pyrrole nitrogens is 1. The summed E-state index contributed by atoms with van der Waals surface area (Å²) in [6.07, 6.45) is 3.63. The lowest BCUT2D eigenvalue weighted by Crippen LogP contribution is -2.05. The van der Waals surface area contributed by atoms with Crippen molar-refractivity contribution in [3.8, 4) is 0 Å². The molecule has 0 radical (unpaired) electrons. The van der Waals surface area contributed by atoms with Gasteiger partial charge in [-0.3, -0.25) is 0 Å². The van der Waals surface area contributed by atoms with Gasteiger partial charge in [-0.2, -0.15) is 0 Å². The van der Waals surface area contributed by atoms with Crippen LogP contribution in [0, 0.1) is 0 Å². The first-order valence-electron chi connectivity index (χ1n) is 5.22. The minimum Gasteiger partial charge on any atom is -0.382 e. The van der Waals surface area contributed by atoms with E-state index in [1.165, 1.54) is 0 Å². The van der Waals surface area contributed by atoms with Crippen molar-refractivity contribution in [2.45, 2.75) is 32.6 Å². The molecule has 0 spiro atoms. The fourth-order valence-electron chi connectivity index (χ4n) is 1.71. The van der Waals surface area contributed by atoms with E-state index in [-0.39, 0.29) is 0 Å². The Bertz CT molecular complexity index is 458. The summed E-state index contributed by atoms with van der Waals surface area (Å²) in [5.41, 5.74) is 7.21. The first-order valence-corrected chi connectivity index (χ1v) is 5.22. The summed E-state index contributed by atoms with van der Waals surface area (Å²) in [4.78, 5) is 15.7. The van der Waals surface area contributed by atoms with Crippen molar-refractivity contribution in [3.63, 3.8) is 0 Å². The quantitative estimate of drug-likeness (QED) is 0.801. The first kappa shape index (κ1) is 9.89. The van der Waals surface area contributed by atoms with E-state index in [2.05, 4.69) is 33.8 Å². The van der Waals surface area contributed by atoms with Crippen molar-refractivity contribution in [1.29, 1.82) is 0 Å². The number of nitrogens with two attached hydrogens (primary N) is 1. The van der Waals surface area contributed by atoms with Gasteiger partial charge in [0.25, 0.3) is 0 Å². The fourth-order valence-corrected chi connectivity index (χ4v) is 1.71. The van der Waals surface area contributed by atoms with Gasteiger partial charge in [-0.15, -0.1) is 0 Å². The average molecular weight is 205 g/mol. The monoisotopic (exact) mass is 205 g/mol. The number of fused-ring (bicyclic) bond motifs is 1. The number of imidazole rings is 1. The molecule has 0 aromatic carbocycles. The van der Waals surface area contributed by atoms with E-state index >= 15 is 0 Å². The van der Waals surface area contributed by atoms with E-state index in [0.717, 1.165) is 24.2 Å². The predicted octanol–water partition coefficient (Wildman–Crippen LogP) is 1.84. The zero-order valence-corrected chi connectivity index (χ0v) is 8.99. The SMILES string of the molecule is CCC(CC)c1nc(N)c2[nH]cnc2n1. The number of nitrogens with one attached hydrogen (secondary N) is 1.